The number of thiophene rings is 1. The molecule has 0 saturated carbocycles. The fraction of sp³-hybridized carbons (Fsp3) is 0.556. The number of nitrogens with two attached hydrogens (primary N) is 1. The molecule has 0 aliphatic carbocycles. The molecular weight excluding hydrogens is 400 g/mol. The van der Waals surface area contributed by atoms with Crippen LogP contribution in [0.2, 0.25) is 0 Å². The molecule has 2 rings (SSSR count). The number of aromatic carboxylic acids is 1. The Hall–Kier alpha value is -2.50. The van der Waals surface area contributed by atoms with Gasteiger partial charge in [0.15, 0.2) is 0 Å². The van der Waals surface area contributed by atoms with Gasteiger partial charge in [-0.3, -0.25) is 9.59 Å². The average Bonchev–Trinajstić information content (AvgIpc) is 2.97. The van der Waals surface area contributed by atoms with E-state index >= 15 is 0 Å². The van der Waals surface area contributed by atoms with Gasteiger partial charge in [0.05, 0.1) is 11.6 Å². The average molecular weight is 426 g/mol. The Morgan fingerprint density at radius 3 is 2.55 bits per heavy atom. The minimum Gasteiger partial charge on any atom is -0.478 e. The number of anilines is 1. The molecule has 2 heterocycles. The molecule has 1 aromatic heterocycles. The number of carbonyl (C=O) groups excluding carboxylic acids is 2. The van der Waals surface area contributed by atoms with Gasteiger partial charge in [0.1, 0.15) is 5.00 Å². The third-order valence-electron chi connectivity index (χ3n) is 4.48. The molecule has 10 nitrogen and oxygen atoms in total. The highest BCUT2D eigenvalue weighted by Crippen LogP contribution is 2.39. The monoisotopic (exact) mass is 426 g/mol. The van der Waals surface area contributed by atoms with E-state index in [1.54, 1.807) is 0 Å². The van der Waals surface area contributed by atoms with Gasteiger partial charge in [0, 0.05) is 23.4 Å². The van der Waals surface area contributed by atoms with E-state index in [0.29, 0.717) is 42.7 Å². The van der Waals surface area contributed by atoms with E-state index < -0.39 is 17.8 Å². The van der Waals surface area contributed by atoms with Crippen LogP contribution >= 0.6 is 11.3 Å². The predicted molar refractivity (Wildman–Crippen MR) is 107 cm³/mol. The summed E-state index contributed by atoms with van der Waals surface area (Å²) in [6.07, 6.45) is 2.13. The minimum atomic E-state index is -1.70. The van der Waals surface area contributed by atoms with Crippen molar-refractivity contribution >= 4 is 40.1 Å². The molecule has 2 amide bonds. The second-order valence-electron chi connectivity index (χ2n) is 7.62. The maximum atomic E-state index is 12.1. The van der Waals surface area contributed by atoms with Crippen molar-refractivity contribution in [1.29, 1.82) is 0 Å². The van der Waals surface area contributed by atoms with Crippen molar-refractivity contribution in [1.82, 2.24) is 10.6 Å². The number of hydrogen-bond acceptors (Lipinski definition) is 7. The molecular formula is C18H26N4O6S. The highest BCUT2D eigenvalue weighted by atomic mass is 32.1. The summed E-state index contributed by atoms with van der Waals surface area (Å²) in [5.74, 6) is -4.36. The fourth-order valence-corrected chi connectivity index (χ4v) is 4.43. The second kappa shape index (κ2) is 9.33. The highest BCUT2D eigenvalue weighted by molar-refractivity contribution is 7.17. The number of hydrogen-bond donors (Lipinski definition) is 6. The summed E-state index contributed by atoms with van der Waals surface area (Å²) in [6.45, 7) is 4.55. The van der Waals surface area contributed by atoms with Crippen molar-refractivity contribution in [2.75, 3.05) is 18.4 Å². The summed E-state index contributed by atoms with van der Waals surface area (Å²) in [6, 6.07) is -0.327. The van der Waals surface area contributed by atoms with Crippen LogP contribution in [0.1, 0.15) is 60.0 Å². The highest BCUT2D eigenvalue weighted by Gasteiger charge is 2.31. The summed E-state index contributed by atoms with van der Waals surface area (Å²) in [5.41, 5.74) is 6.02. The lowest BCUT2D eigenvalue weighted by molar-refractivity contribution is -0.147. The van der Waals surface area contributed by atoms with E-state index in [1.165, 1.54) is 0 Å². The molecule has 160 valence electrons. The van der Waals surface area contributed by atoms with E-state index in [2.05, 4.69) is 16.0 Å². The topological polar surface area (TPSA) is 171 Å². The maximum Gasteiger partial charge on any atom is 0.394 e. The molecule has 1 aromatic rings. The first kappa shape index (κ1) is 22.8. The van der Waals surface area contributed by atoms with Crippen molar-refractivity contribution < 1.29 is 29.4 Å². The molecule has 1 atom stereocenters. The molecule has 0 spiro atoms. The van der Waals surface area contributed by atoms with Gasteiger partial charge in [-0.25, -0.2) is 9.59 Å². The van der Waals surface area contributed by atoms with Crippen molar-refractivity contribution in [3.8, 4) is 0 Å². The summed E-state index contributed by atoms with van der Waals surface area (Å²) in [7, 11) is 0. The molecule has 1 aliphatic heterocycles. The van der Waals surface area contributed by atoms with Gasteiger partial charge >= 0.3 is 17.8 Å². The number of carboxylic acids is 2. The smallest absolute Gasteiger partial charge is 0.394 e. The van der Waals surface area contributed by atoms with Crippen LogP contribution in [0.3, 0.4) is 0 Å². The summed E-state index contributed by atoms with van der Waals surface area (Å²) in [4.78, 5) is 46.7. The van der Waals surface area contributed by atoms with Gasteiger partial charge in [-0.1, -0.05) is 0 Å². The van der Waals surface area contributed by atoms with Gasteiger partial charge in [0.25, 0.3) is 0 Å². The molecule has 0 bridgehead atoms. The zero-order chi connectivity index (χ0) is 21.8. The van der Waals surface area contributed by atoms with E-state index in [4.69, 9.17) is 10.8 Å². The Balaban J connectivity index is 2.09. The Morgan fingerprint density at radius 2 is 1.97 bits per heavy atom. The second-order valence-corrected chi connectivity index (χ2v) is 8.67. The van der Waals surface area contributed by atoms with Crippen LogP contribution in [0.25, 0.3) is 0 Å². The zero-order valence-electron chi connectivity index (χ0n) is 16.3. The summed E-state index contributed by atoms with van der Waals surface area (Å²) >= 11 is 1.01. The first-order chi connectivity index (χ1) is 13.5. The molecule has 0 radical (unpaired) electrons. The molecule has 1 unspecified atom stereocenters. The fourth-order valence-electron chi connectivity index (χ4n) is 3.12. The zero-order valence-corrected chi connectivity index (χ0v) is 17.1. The number of carbonyl (C=O) groups is 4. The standard InChI is InChI=1S/C18H26N4O6S/c1-18(2,19)6-3-4-11(23)21-8-10-13-9(5-7-20-10)12(16(25)26)15(29-13)22-14(24)17(27)28/h10,20H,3-8,19H2,1-2H3,(H,21,23)(H,22,24)(H,25,26)(H,27,28). The van der Waals surface area contributed by atoms with Crippen molar-refractivity contribution in [2.45, 2.75) is 51.1 Å². The SMILES string of the molecule is CC(C)(N)CCCC(=O)NCC1NCCc2c1sc(NC(=O)C(=O)O)c2C(=O)O. The van der Waals surface area contributed by atoms with Gasteiger partial charge in [0.2, 0.25) is 5.91 Å². The number of carboxylic acid groups (broad SMARTS) is 2. The first-order valence-corrected chi connectivity index (χ1v) is 10.0. The lowest BCUT2D eigenvalue weighted by Gasteiger charge is -2.24. The van der Waals surface area contributed by atoms with Gasteiger partial charge in [-0.2, -0.15) is 0 Å². The van der Waals surface area contributed by atoms with Gasteiger partial charge in [-0.05, 0) is 45.2 Å². The van der Waals surface area contributed by atoms with Crippen LogP contribution in [0.4, 0.5) is 5.00 Å². The lowest BCUT2D eigenvalue weighted by Crippen LogP contribution is -2.38. The normalized spacial score (nSPS) is 16.0. The summed E-state index contributed by atoms with van der Waals surface area (Å²) in [5, 5.41) is 26.5. The third-order valence-corrected chi connectivity index (χ3v) is 5.75. The van der Waals surface area contributed by atoms with Gasteiger partial charge in [-0.15, -0.1) is 11.3 Å². The number of aliphatic carboxylic acids is 1. The number of amides is 2. The number of rotatable bonds is 8. The van der Waals surface area contributed by atoms with E-state index in [9.17, 15) is 24.3 Å². The van der Waals surface area contributed by atoms with Crippen LogP contribution in [-0.4, -0.2) is 52.6 Å². The van der Waals surface area contributed by atoms with Crippen LogP contribution in [0, 0.1) is 0 Å². The van der Waals surface area contributed by atoms with Crippen LogP contribution < -0.4 is 21.7 Å². The summed E-state index contributed by atoms with van der Waals surface area (Å²) < 4.78 is 0. The van der Waals surface area contributed by atoms with Gasteiger partial charge < -0.3 is 31.9 Å². The Bertz CT molecular complexity index is 814. The van der Waals surface area contributed by atoms with E-state index in [1.807, 2.05) is 13.8 Å². The molecule has 7 N–H and O–H groups in total. The largest absolute Gasteiger partial charge is 0.478 e. The number of fused-ring (bicyclic) bond motifs is 1. The lowest BCUT2D eigenvalue weighted by atomic mass is 9.98. The Morgan fingerprint density at radius 1 is 1.28 bits per heavy atom. The quantitative estimate of drug-likeness (QED) is 0.329. The molecule has 0 aromatic carbocycles. The third kappa shape index (κ3) is 6.24. The molecule has 29 heavy (non-hydrogen) atoms. The van der Waals surface area contributed by atoms with Crippen molar-refractivity contribution in [2.24, 2.45) is 5.73 Å². The van der Waals surface area contributed by atoms with Crippen molar-refractivity contribution in [3.63, 3.8) is 0 Å². The Labute approximate surface area is 171 Å². The van der Waals surface area contributed by atoms with Crippen LogP contribution in [0.15, 0.2) is 0 Å². The maximum absolute atomic E-state index is 12.1. The molecule has 0 fully saturated rings. The molecule has 1 aliphatic rings. The molecule has 0 saturated heterocycles. The number of nitrogens with one attached hydrogen (secondary N) is 3. The minimum absolute atomic E-state index is 0.0138. The van der Waals surface area contributed by atoms with Crippen LogP contribution in [-0.2, 0) is 20.8 Å². The molecule has 11 heteroatoms. The predicted octanol–water partition coefficient (Wildman–Crippen LogP) is 0.680. The van der Waals surface area contributed by atoms with E-state index in [-0.39, 0.29) is 34.6 Å². The van der Waals surface area contributed by atoms with Crippen LogP contribution in [0.5, 0.6) is 0 Å². The Kier molecular flexibility index (Phi) is 7.33. The first-order valence-electron chi connectivity index (χ1n) is 9.21. The van der Waals surface area contributed by atoms with E-state index in [0.717, 1.165) is 11.3 Å². The van der Waals surface area contributed by atoms with Crippen molar-refractivity contribution in [3.05, 3.63) is 16.0 Å².